The number of rotatable bonds is 5. The highest BCUT2D eigenvalue weighted by Crippen LogP contribution is 2.20. The van der Waals surface area contributed by atoms with Gasteiger partial charge in [0, 0.05) is 12.5 Å². The molecule has 0 saturated carbocycles. The Morgan fingerprint density at radius 3 is 2.60 bits per heavy atom. The molecule has 0 saturated heterocycles. The van der Waals surface area contributed by atoms with Crippen molar-refractivity contribution in [3.8, 4) is 5.75 Å². The first kappa shape index (κ1) is 12.1. The Kier molecular flexibility index (Phi) is 4.63. The lowest BCUT2D eigenvalue weighted by molar-refractivity contribution is 0.174. The van der Waals surface area contributed by atoms with Crippen molar-refractivity contribution in [1.82, 2.24) is 0 Å². The highest BCUT2D eigenvalue weighted by Gasteiger charge is 2.03. The highest BCUT2D eigenvalue weighted by molar-refractivity contribution is 5.30. The molecule has 0 amide bonds. The number of hydrogen-bond acceptors (Lipinski definition) is 2. The van der Waals surface area contributed by atoms with Crippen molar-refractivity contribution < 1.29 is 9.84 Å². The van der Waals surface area contributed by atoms with Crippen LogP contribution in [0.4, 0.5) is 0 Å². The van der Waals surface area contributed by atoms with Gasteiger partial charge in [-0.05, 0) is 23.6 Å². The monoisotopic (exact) mass is 208 g/mol. The zero-order chi connectivity index (χ0) is 11.3. The van der Waals surface area contributed by atoms with Crippen LogP contribution in [0.1, 0.15) is 32.3 Å². The van der Waals surface area contributed by atoms with E-state index in [4.69, 9.17) is 9.84 Å². The van der Waals surface area contributed by atoms with E-state index >= 15 is 0 Å². The summed E-state index contributed by atoms with van der Waals surface area (Å²) < 4.78 is 5.59. The largest absolute Gasteiger partial charge is 0.493 e. The molecule has 0 heterocycles. The average molecular weight is 208 g/mol. The van der Waals surface area contributed by atoms with Crippen LogP contribution in [0.2, 0.25) is 0 Å². The summed E-state index contributed by atoms with van der Waals surface area (Å²) >= 11 is 0. The summed E-state index contributed by atoms with van der Waals surface area (Å²) in [7, 11) is 0. The molecule has 0 aliphatic rings. The van der Waals surface area contributed by atoms with Gasteiger partial charge >= 0.3 is 0 Å². The van der Waals surface area contributed by atoms with Crippen LogP contribution >= 0.6 is 0 Å². The summed E-state index contributed by atoms with van der Waals surface area (Å²) in [5.41, 5.74) is 1.28. The average Bonchev–Trinajstić information content (AvgIpc) is 2.26. The quantitative estimate of drug-likeness (QED) is 0.806. The standard InChI is InChI=1S/C13H20O2/c1-10(2)12-5-4-6-13(7-12)15-9-11(3)8-14/h4-7,10-11,14H,8-9H2,1-3H3. The smallest absolute Gasteiger partial charge is 0.119 e. The molecular weight excluding hydrogens is 188 g/mol. The summed E-state index contributed by atoms with van der Waals surface area (Å²) in [5.74, 6) is 1.60. The molecule has 0 radical (unpaired) electrons. The minimum absolute atomic E-state index is 0.171. The fourth-order valence-corrected chi connectivity index (χ4v) is 1.25. The van der Waals surface area contributed by atoms with Crippen LogP contribution in [0.25, 0.3) is 0 Å². The van der Waals surface area contributed by atoms with Gasteiger partial charge in [-0.1, -0.05) is 32.9 Å². The van der Waals surface area contributed by atoms with E-state index in [1.807, 2.05) is 19.1 Å². The van der Waals surface area contributed by atoms with E-state index in [1.165, 1.54) is 5.56 Å². The lowest BCUT2D eigenvalue weighted by atomic mass is 10.0. The van der Waals surface area contributed by atoms with E-state index in [2.05, 4.69) is 26.0 Å². The van der Waals surface area contributed by atoms with Gasteiger partial charge in [0.25, 0.3) is 0 Å². The third-order valence-electron chi connectivity index (χ3n) is 2.37. The molecule has 0 aromatic heterocycles. The van der Waals surface area contributed by atoms with Crippen molar-refractivity contribution in [3.05, 3.63) is 29.8 Å². The molecule has 0 aliphatic carbocycles. The second kappa shape index (κ2) is 5.76. The van der Waals surface area contributed by atoms with E-state index in [1.54, 1.807) is 0 Å². The van der Waals surface area contributed by atoms with Gasteiger partial charge in [0.05, 0.1) is 6.61 Å². The van der Waals surface area contributed by atoms with Gasteiger partial charge in [0.2, 0.25) is 0 Å². The maximum atomic E-state index is 8.88. The lowest BCUT2D eigenvalue weighted by Gasteiger charge is -2.12. The molecule has 2 nitrogen and oxygen atoms in total. The van der Waals surface area contributed by atoms with Crippen LogP contribution in [0.3, 0.4) is 0 Å². The zero-order valence-electron chi connectivity index (χ0n) is 9.73. The number of ether oxygens (including phenoxy) is 1. The van der Waals surface area contributed by atoms with Crippen molar-refractivity contribution >= 4 is 0 Å². The van der Waals surface area contributed by atoms with E-state index < -0.39 is 0 Å². The Morgan fingerprint density at radius 2 is 2.00 bits per heavy atom. The van der Waals surface area contributed by atoms with E-state index in [-0.39, 0.29) is 12.5 Å². The molecule has 2 heteroatoms. The molecule has 1 atom stereocenters. The summed E-state index contributed by atoms with van der Waals surface area (Å²) in [6.45, 7) is 7.03. The van der Waals surface area contributed by atoms with Crippen molar-refractivity contribution in [2.75, 3.05) is 13.2 Å². The van der Waals surface area contributed by atoms with E-state index in [0.717, 1.165) is 5.75 Å². The summed E-state index contributed by atoms with van der Waals surface area (Å²) in [5, 5.41) is 8.88. The Labute approximate surface area is 91.9 Å². The van der Waals surface area contributed by atoms with Crippen LogP contribution < -0.4 is 4.74 Å². The Morgan fingerprint density at radius 1 is 1.27 bits per heavy atom. The molecule has 1 aromatic rings. The molecule has 1 unspecified atom stereocenters. The molecule has 0 spiro atoms. The van der Waals surface area contributed by atoms with Gasteiger partial charge in [-0.15, -0.1) is 0 Å². The molecule has 1 aromatic carbocycles. The van der Waals surface area contributed by atoms with E-state index in [9.17, 15) is 0 Å². The lowest BCUT2D eigenvalue weighted by Crippen LogP contribution is -2.12. The van der Waals surface area contributed by atoms with Crippen LogP contribution in [0.15, 0.2) is 24.3 Å². The molecule has 0 aliphatic heterocycles. The van der Waals surface area contributed by atoms with Gasteiger partial charge in [0.15, 0.2) is 0 Å². The second-order valence-corrected chi connectivity index (χ2v) is 4.33. The molecule has 15 heavy (non-hydrogen) atoms. The zero-order valence-corrected chi connectivity index (χ0v) is 9.73. The van der Waals surface area contributed by atoms with Gasteiger partial charge in [-0.3, -0.25) is 0 Å². The maximum Gasteiger partial charge on any atom is 0.119 e. The molecule has 1 N–H and O–H groups in total. The maximum absolute atomic E-state index is 8.88. The first-order valence-electron chi connectivity index (χ1n) is 5.47. The number of aliphatic hydroxyl groups is 1. The van der Waals surface area contributed by atoms with Crippen LogP contribution in [-0.4, -0.2) is 18.3 Å². The molecule has 0 fully saturated rings. The van der Waals surface area contributed by atoms with Crippen molar-refractivity contribution in [3.63, 3.8) is 0 Å². The second-order valence-electron chi connectivity index (χ2n) is 4.33. The fourth-order valence-electron chi connectivity index (χ4n) is 1.25. The number of hydrogen-bond donors (Lipinski definition) is 1. The third kappa shape index (κ3) is 3.92. The SMILES string of the molecule is CC(CO)COc1cccc(C(C)C)c1. The summed E-state index contributed by atoms with van der Waals surface area (Å²) in [6.07, 6.45) is 0. The minimum atomic E-state index is 0.171. The van der Waals surface area contributed by atoms with Crippen molar-refractivity contribution in [2.24, 2.45) is 5.92 Å². The summed E-state index contributed by atoms with van der Waals surface area (Å²) in [6, 6.07) is 8.13. The Balaban J connectivity index is 2.58. The molecule has 0 bridgehead atoms. The summed E-state index contributed by atoms with van der Waals surface area (Å²) in [4.78, 5) is 0. The molecule has 1 rings (SSSR count). The van der Waals surface area contributed by atoms with Crippen LogP contribution in [0, 0.1) is 5.92 Å². The highest BCUT2D eigenvalue weighted by atomic mass is 16.5. The number of aliphatic hydroxyl groups excluding tert-OH is 1. The van der Waals surface area contributed by atoms with Crippen molar-refractivity contribution in [1.29, 1.82) is 0 Å². The fraction of sp³-hybridized carbons (Fsp3) is 0.538. The number of benzene rings is 1. The molecular formula is C13H20O2. The predicted octanol–water partition coefficient (Wildman–Crippen LogP) is 2.82. The van der Waals surface area contributed by atoms with Gasteiger partial charge in [0.1, 0.15) is 5.75 Å². The van der Waals surface area contributed by atoms with Crippen LogP contribution in [0.5, 0.6) is 5.75 Å². The van der Waals surface area contributed by atoms with Gasteiger partial charge in [-0.2, -0.15) is 0 Å². The van der Waals surface area contributed by atoms with Crippen LogP contribution in [-0.2, 0) is 0 Å². The predicted molar refractivity (Wildman–Crippen MR) is 62.3 cm³/mol. The normalized spacial score (nSPS) is 12.9. The first-order chi connectivity index (χ1) is 7.13. The minimum Gasteiger partial charge on any atom is -0.493 e. The van der Waals surface area contributed by atoms with Gasteiger partial charge in [-0.25, -0.2) is 0 Å². The Bertz CT molecular complexity index is 294. The van der Waals surface area contributed by atoms with Gasteiger partial charge < -0.3 is 9.84 Å². The first-order valence-corrected chi connectivity index (χ1v) is 5.47. The van der Waals surface area contributed by atoms with E-state index in [0.29, 0.717) is 12.5 Å². The third-order valence-corrected chi connectivity index (χ3v) is 2.37. The Hall–Kier alpha value is -1.02. The van der Waals surface area contributed by atoms with Crippen molar-refractivity contribution in [2.45, 2.75) is 26.7 Å². The topological polar surface area (TPSA) is 29.5 Å². The molecule has 84 valence electrons.